The number of nitrogens with one attached hydrogen (secondary N) is 2. The average molecular weight is 385 g/mol. The van der Waals surface area contributed by atoms with Crippen LogP contribution in [0.2, 0.25) is 0 Å². The molecule has 0 atom stereocenters. The van der Waals surface area contributed by atoms with E-state index < -0.39 is 0 Å². The Morgan fingerprint density at radius 3 is 2.30 bits per heavy atom. The number of hydrogen-bond donors (Lipinski definition) is 2. The van der Waals surface area contributed by atoms with Crippen LogP contribution < -0.4 is 20.3 Å². The summed E-state index contributed by atoms with van der Waals surface area (Å²) in [5.41, 5.74) is 3.45. The SMILES string of the molecule is CCOc1ccc(NC(=S)NCc2ccc(N3CCN(C)CC3)cc2)cc1. The molecule has 1 saturated heterocycles. The minimum Gasteiger partial charge on any atom is -0.494 e. The fourth-order valence-corrected chi connectivity index (χ4v) is 3.24. The second kappa shape index (κ2) is 9.58. The highest BCUT2D eigenvalue weighted by molar-refractivity contribution is 7.80. The molecule has 144 valence electrons. The summed E-state index contributed by atoms with van der Waals surface area (Å²) in [5.74, 6) is 0.863. The summed E-state index contributed by atoms with van der Waals surface area (Å²) in [4.78, 5) is 4.81. The standard InChI is InChI=1S/C21H28N4OS/c1-3-26-20-10-6-18(7-11-20)23-21(27)22-16-17-4-8-19(9-5-17)25-14-12-24(2)13-15-25/h4-11H,3,12-16H2,1-2H3,(H2,22,23,27). The van der Waals surface area contributed by atoms with E-state index in [1.165, 1.54) is 11.3 Å². The molecule has 0 saturated carbocycles. The Labute approximate surface area is 167 Å². The first-order valence-electron chi connectivity index (χ1n) is 9.44. The van der Waals surface area contributed by atoms with Gasteiger partial charge in [0, 0.05) is 44.1 Å². The van der Waals surface area contributed by atoms with Crippen molar-refractivity contribution in [2.24, 2.45) is 0 Å². The smallest absolute Gasteiger partial charge is 0.171 e. The first-order chi connectivity index (χ1) is 13.1. The molecule has 1 fully saturated rings. The number of likely N-dealkylation sites (N-methyl/N-ethyl adjacent to an activating group) is 1. The minimum absolute atomic E-state index is 0.613. The van der Waals surface area contributed by atoms with Crippen LogP contribution in [0.5, 0.6) is 5.75 Å². The van der Waals surface area contributed by atoms with Crippen LogP contribution >= 0.6 is 12.2 Å². The Morgan fingerprint density at radius 1 is 1.00 bits per heavy atom. The second-order valence-corrected chi connectivity index (χ2v) is 7.13. The fraction of sp³-hybridized carbons (Fsp3) is 0.381. The first-order valence-corrected chi connectivity index (χ1v) is 9.85. The number of benzene rings is 2. The van der Waals surface area contributed by atoms with Gasteiger partial charge in [-0.3, -0.25) is 0 Å². The zero-order chi connectivity index (χ0) is 19.1. The van der Waals surface area contributed by atoms with E-state index in [1.807, 2.05) is 31.2 Å². The summed E-state index contributed by atoms with van der Waals surface area (Å²) < 4.78 is 5.45. The van der Waals surface area contributed by atoms with Gasteiger partial charge in [0.15, 0.2) is 5.11 Å². The number of rotatable bonds is 6. The third kappa shape index (κ3) is 5.84. The van der Waals surface area contributed by atoms with E-state index in [0.717, 1.165) is 37.6 Å². The normalized spacial score (nSPS) is 14.7. The number of ether oxygens (including phenoxy) is 1. The van der Waals surface area contributed by atoms with Gasteiger partial charge in [-0.15, -0.1) is 0 Å². The molecule has 2 aromatic carbocycles. The van der Waals surface area contributed by atoms with Crippen LogP contribution in [0.25, 0.3) is 0 Å². The van der Waals surface area contributed by atoms with Gasteiger partial charge in [-0.2, -0.15) is 0 Å². The van der Waals surface area contributed by atoms with Crippen molar-refractivity contribution in [3.63, 3.8) is 0 Å². The van der Waals surface area contributed by atoms with Gasteiger partial charge in [-0.1, -0.05) is 12.1 Å². The zero-order valence-electron chi connectivity index (χ0n) is 16.1. The molecule has 5 nitrogen and oxygen atoms in total. The molecule has 6 heteroatoms. The van der Waals surface area contributed by atoms with Gasteiger partial charge in [0.1, 0.15) is 5.75 Å². The predicted octanol–water partition coefficient (Wildman–Crippen LogP) is 3.32. The summed E-state index contributed by atoms with van der Waals surface area (Å²) in [6.45, 7) is 7.76. The Morgan fingerprint density at radius 2 is 1.67 bits per heavy atom. The van der Waals surface area contributed by atoms with E-state index >= 15 is 0 Å². The molecule has 1 aliphatic heterocycles. The molecule has 2 N–H and O–H groups in total. The van der Waals surface area contributed by atoms with Crippen LogP contribution in [0.3, 0.4) is 0 Å². The topological polar surface area (TPSA) is 39.8 Å². The zero-order valence-corrected chi connectivity index (χ0v) is 16.9. The molecule has 0 radical (unpaired) electrons. The molecule has 1 heterocycles. The minimum atomic E-state index is 0.613. The van der Waals surface area contributed by atoms with Crippen LogP contribution in [0, 0.1) is 0 Å². The monoisotopic (exact) mass is 384 g/mol. The van der Waals surface area contributed by atoms with Crippen molar-refractivity contribution >= 4 is 28.7 Å². The fourth-order valence-electron chi connectivity index (χ4n) is 3.05. The molecular weight excluding hydrogens is 356 g/mol. The van der Waals surface area contributed by atoms with Gasteiger partial charge in [-0.05, 0) is 68.2 Å². The summed E-state index contributed by atoms with van der Waals surface area (Å²) in [6.07, 6.45) is 0. The van der Waals surface area contributed by atoms with Gasteiger partial charge < -0.3 is 25.2 Å². The van der Waals surface area contributed by atoms with Crippen molar-refractivity contribution in [1.82, 2.24) is 10.2 Å². The molecule has 0 unspecified atom stereocenters. The maximum Gasteiger partial charge on any atom is 0.171 e. The lowest BCUT2D eigenvalue weighted by Gasteiger charge is -2.34. The van der Waals surface area contributed by atoms with Crippen LogP contribution in [0.15, 0.2) is 48.5 Å². The summed E-state index contributed by atoms with van der Waals surface area (Å²) in [5, 5.41) is 7.07. The summed E-state index contributed by atoms with van der Waals surface area (Å²) in [7, 11) is 2.18. The number of nitrogens with zero attached hydrogens (tertiary/aromatic N) is 2. The van der Waals surface area contributed by atoms with Crippen LogP contribution in [0.4, 0.5) is 11.4 Å². The van der Waals surface area contributed by atoms with Crippen molar-refractivity contribution in [2.45, 2.75) is 13.5 Å². The molecule has 3 rings (SSSR count). The third-order valence-corrected chi connectivity index (χ3v) is 4.93. The van der Waals surface area contributed by atoms with Crippen LogP contribution in [-0.4, -0.2) is 49.8 Å². The van der Waals surface area contributed by atoms with Gasteiger partial charge in [-0.25, -0.2) is 0 Å². The average Bonchev–Trinajstić information content (AvgIpc) is 2.69. The van der Waals surface area contributed by atoms with Crippen molar-refractivity contribution in [3.8, 4) is 5.75 Å². The Kier molecular flexibility index (Phi) is 6.90. The number of anilines is 2. The lowest BCUT2D eigenvalue weighted by atomic mass is 10.2. The van der Waals surface area contributed by atoms with Crippen molar-refractivity contribution < 1.29 is 4.74 Å². The van der Waals surface area contributed by atoms with Gasteiger partial charge >= 0.3 is 0 Å². The molecule has 0 amide bonds. The number of piperazine rings is 1. The van der Waals surface area contributed by atoms with E-state index in [1.54, 1.807) is 0 Å². The third-order valence-electron chi connectivity index (χ3n) is 4.68. The van der Waals surface area contributed by atoms with Crippen LogP contribution in [-0.2, 0) is 6.54 Å². The molecular formula is C21H28N4OS. The molecule has 1 aliphatic rings. The largest absolute Gasteiger partial charge is 0.494 e. The van der Waals surface area contributed by atoms with E-state index in [-0.39, 0.29) is 0 Å². The van der Waals surface area contributed by atoms with E-state index in [4.69, 9.17) is 17.0 Å². The van der Waals surface area contributed by atoms with E-state index in [2.05, 4.69) is 51.7 Å². The highest BCUT2D eigenvalue weighted by Gasteiger charge is 2.13. The van der Waals surface area contributed by atoms with Crippen LogP contribution in [0.1, 0.15) is 12.5 Å². The van der Waals surface area contributed by atoms with Gasteiger partial charge in [0.2, 0.25) is 0 Å². The molecule has 27 heavy (non-hydrogen) atoms. The molecule has 0 aliphatic carbocycles. The molecule has 0 bridgehead atoms. The highest BCUT2D eigenvalue weighted by atomic mass is 32.1. The van der Waals surface area contributed by atoms with Crippen molar-refractivity contribution in [2.75, 3.05) is 50.1 Å². The lowest BCUT2D eigenvalue weighted by Crippen LogP contribution is -2.44. The van der Waals surface area contributed by atoms with Crippen molar-refractivity contribution in [3.05, 3.63) is 54.1 Å². The Balaban J connectivity index is 1.45. The first kappa shape index (κ1) is 19.5. The van der Waals surface area contributed by atoms with Gasteiger partial charge in [0.05, 0.1) is 6.61 Å². The van der Waals surface area contributed by atoms with Crippen molar-refractivity contribution in [1.29, 1.82) is 0 Å². The number of thiocarbonyl (C=S) groups is 1. The molecule has 0 spiro atoms. The predicted molar refractivity (Wildman–Crippen MR) is 117 cm³/mol. The van der Waals surface area contributed by atoms with E-state index in [0.29, 0.717) is 18.3 Å². The summed E-state index contributed by atoms with van der Waals surface area (Å²) in [6, 6.07) is 16.5. The molecule has 0 aromatic heterocycles. The quantitative estimate of drug-likeness (QED) is 0.745. The van der Waals surface area contributed by atoms with E-state index in [9.17, 15) is 0 Å². The Hall–Kier alpha value is -2.31. The Bertz CT molecular complexity index is 725. The summed E-state index contributed by atoms with van der Waals surface area (Å²) >= 11 is 5.39. The maximum absolute atomic E-state index is 5.45. The highest BCUT2D eigenvalue weighted by Crippen LogP contribution is 2.17. The molecule has 2 aromatic rings. The maximum atomic E-state index is 5.45. The number of hydrogen-bond acceptors (Lipinski definition) is 4. The lowest BCUT2D eigenvalue weighted by molar-refractivity contribution is 0.313. The second-order valence-electron chi connectivity index (χ2n) is 6.72. The van der Waals surface area contributed by atoms with Gasteiger partial charge in [0.25, 0.3) is 0 Å².